The molecule has 1 aliphatic rings. The molecule has 2 aromatic rings. The van der Waals surface area contributed by atoms with Gasteiger partial charge in [0.15, 0.2) is 0 Å². The van der Waals surface area contributed by atoms with Gasteiger partial charge in [0.25, 0.3) is 0 Å². The van der Waals surface area contributed by atoms with Crippen LogP contribution < -0.4 is 5.32 Å². The van der Waals surface area contributed by atoms with Crippen molar-refractivity contribution in [3.05, 3.63) is 65.2 Å². The first-order valence-electron chi connectivity index (χ1n) is 8.86. The summed E-state index contributed by atoms with van der Waals surface area (Å²) in [6.07, 6.45) is 3.59. The van der Waals surface area contributed by atoms with Crippen LogP contribution in [0.4, 0.5) is 5.69 Å². The minimum atomic E-state index is 0.564. The molecule has 122 valence electrons. The third kappa shape index (κ3) is 4.35. The lowest BCUT2D eigenvalue weighted by Crippen LogP contribution is -2.32. The first kappa shape index (κ1) is 16.1. The summed E-state index contributed by atoms with van der Waals surface area (Å²) in [6, 6.07) is 18.3. The van der Waals surface area contributed by atoms with E-state index >= 15 is 0 Å². The molecule has 0 saturated heterocycles. The second-order valence-electron chi connectivity index (χ2n) is 6.82. The highest BCUT2D eigenvalue weighted by Gasteiger charge is 2.12. The first-order valence-corrected chi connectivity index (χ1v) is 8.86. The summed E-state index contributed by atoms with van der Waals surface area (Å²) in [5, 5.41) is 3.50. The second-order valence-corrected chi connectivity index (χ2v) is 6.82. The highest BCUT2D eigenvalue weighted by Crippen LogP contribution is 2.23. The third-order valence-corrected chi connectivity index (χ3v) is 4.75. The molecule has 0 atom stereocenters. The van der Waals surface area contributed by atoms with Crippen molar-refractivity contribution in [2.24, 2.45) is 0 Å². The first-order chi connectivity index (χ1) is 11.2. The number of rotatable bonds is 6. The van der Waals surface area contributed by atoms with E-state index in [9.17, 15) is 0 Å². The maximum atomic E-state index is 3.50. The number of fused-ring (bicyclic) bond motifs is 1. The van der Waals surface area contributed by atoms with E-state index in [-0.39, 0.29) is 0 Å². The minimum Gasteiger partial charge on any atom is -0.385 e. The third-order valence-electron chi connectivity index (χ3n) is 4.75. The molecule has 0 aromatic heterocycles. The van der Waals surface area contributed by atoms with Gasteiger partial charge < -0.3 is 5.32 Å². The van der Waals surface area contributed by atoms with Crippen molar-refractivity contribution >= 4 is 5.69 Å². The molecule has 0 unspecified atom stereocenters. The largest absolute Gasteiger partial charge is 0.385 e. The monoisotopic (exact) mass is 308 g/mol. The molecule has 0 amide bonds. The quantitative estimate of drug-likeness (QED) is 0.845. The molecule has 23 heavy (non-hydrogen) atoms. The van der Waals surface area contributed by atoms with Crippen molar-refractivity contribution in [3.8, 4) is 0 Å². The average Bonchev–Trinajstić information content (AvgIpc) is 2.59. The lowest BCUT2D eigenvalue weighted by molar-refractivity contribution is 0.215. The number of hydrogen-bond donors (Lipinski definition) is 1. The minimum absolute atomic E-state index is 0.564. The van der Waals surface area contributed by atoms with E-state index in [0.717, 1.165) is 26.1 Å². The molecule has 2 aromatic carbocycles. The van der Waals surface area contributed by atoms with Gasteiger partial charge in [-0.3, -0.25) is 4.90 Å². The summed E-state index contributed by atoms with van der Waals surface area (Å²) in [5.41, 5.74) is 5.69. The molecule has 0 spiro atoms. The zero-order valence-electron chi connectivity index (χ0n) is 14.4. The highest BCUT2D eigenvalue weighted by atomic mass is 15.1. The maximum Gasteiger partial charge on any atom is 0.0372 e. The molecule has 2 heteroatoms. The fourth-order valence-corrected chi connectivity index (χ4v) is 3.29. The van der Waals surface area contributed by atoms with Gasteiger partial charge in [0.1, 0.15) is 0 Å². The van der Waals surface area contributed by atoms with Crippen molar-refractivity contribution in [3.63, 3.8) is 0 Å². The van der Waals surface area contributed by atoms with Crippen LogP contribution in [0.25, 0.3) is 0 Å². The number of nitrogens with one attached hydrogen (secondary N) is 1. The summed E-state index contributed by atoms with van der Waals surface area (Å²) in [7, 11) is 0. The van der Waals surface area contributed by atoms with Gasteiger partial charge in [-0.15, -0.1) is 0 Å². The second kappa shape index (κ2) is 7.65. The van der Waals surface area contributed by atoms with Crippen LogP contribution in [0, 0.1) is 0 Å². The van der Waals surface area contributed by atoms with Crippen molar-refractivity contribution in [1.82, 2.24) is 4.90 Å². The summed E-state index contributed by atoms with van der Waals surface area (Å²) in [4.78, 5) is 2.56. The van der Waals surface area contributed by atoms with Gasteiger partial charge >= 0.3 is 0 Å². The fourth-order valence-electron chi connectivity index (χ4n) is 3.29. The van der Waals surface area contributed by atoms with Gasteiger partial charge in [0, 0.05) is 31.4 Å². The summed E-state index contributed by atoms with van der Waals surface area (Å²) in [6.45, 7) is 7.84. The topological polar surface area (TPSA) is 15.3 Å². The van der Waals surface area contributed by atoms with Crippen molar-refractivity contribution < 1.29 is 0 Å². The fraction of sp³-hybridized carbons (Fsp3) is 0.429. The molecule has 2 nitrogen and oxygen atoms in total. The standard InChI is InChI=1S/C21H28N2/c1-17(2)23(16-19-7-4-3-5-8-19)14-12-18-10-11-21-20(15-18)9-6-13-22-21/h3-5,7-8,10-11,15,17,22H,6,9,12-14,16H2,1-2H3. The zero-order chi connectivity index (χ0) is 16.1. The molecule has 0 saturated carbocycles. The van der Waals surface area contributed by atoms with Gasteiger partial charge in [-0.25, -0.2) is 0 Å². The van der Waals surface area contributed by atoms with Crippen LogP contribution in [0.2, 0.25) is 0 Å². The Morgan fingerprint density at radius 2 is 1.87 bits per heavy atom. The van der Waals surface area contributed by atoms with Crippen molar-refractivity contribution in [2.75, 3.05) is 18.4 Å². The smallest absolute Gasteiger partial charge is 0.0372 e. The van der Waals surface area contributed by atoms with Gasteiger partial charge in [0.2, 0.25) is 0 Å². The van der Waals surface area contributed by atoms with Crippen LogP contribution in [0.15, 0.2) is 48.5 Å². The Bertz CT molecular complexity index is 619. The van der Waals surface area contributed by atoms with E-state index < -0.39 is 0 Å². The Hall–Kier alpha value is -1.80. The molecule has 3 rings (SSSR count). The van der Waals surface area contributed by atoms with Gasteiger partial charge in [0.05, 0.1) is 0 Å². The molecule has 1 heterocycles. The van der Waals surface area contributed by atoms with Gasteiger partial charge in [-0.2, -0.15) is 0 Å². The van der Waals surface area contributed by atoms with E-state index in [1.54, 1.807) is 0 Å². The Morgan fingerprint density at radius 3 is 2.65 bits per heavy atom. The van der Waals surface area contributed by atoms with E-state index in [1.165, 1.54) is 35.2 Å². The number of anilines is 1. The van der Waals surface area contributed by atoms with E-state index in [4.69, 9.17) is 0 Å². The average molecular weight is 308 g/mol. The number of nitrogens with zero attached hydrogens (tertiary/aromatic N) is 1. The van der Waals surface area contributed by atoms with Crippen LogP contribution in [-0.2, 0) is 19.4 Å². The lowest BCUT2D eigenvalue weighted by atomic mass is 9.99. The molecule has 0 bridgehead atoms. The molecule has 0 radical (unpaired) electrons. The van der Waals surface area contributed by atoms with Crippen LogP contribution in [-0.4, -0.2) is 24.0 Å². The van der Waals surface area contributed by atoms with E-state index in [2.05, 4.69) is 72.6 Å². The SMILES string of the molecule is CC(C)N(CCc1ccc2c(c1)CCCN2)Cc1ccccc1. The van der Waals surface area contributed by atoms with Gasteiger partial charge in [-0.1, -0.05) is 42.5 Å². The molecule has 1 N–H and O–H groups in total. The zero-order valence-corrected chi connectivity index (χ0v) is 14.4. The molecule has 0 aliphatic carbocycles. The van der Waals surface area contributed by atoms with Crippen LogP contribution in [0.3, 0.4) is 0 Å². The Labute approximate surface area is 140 Å². The number of hydrogen-bond acceptors (Lipinski definition) is 2. The Balaban J connectivity index is 1.62. The summed E-state index contributed by atoms with van der Waals surface area (Å²) >= 11 is 0. The van der Waals surface area contributed by atoms with Crippen LogP contribution in [0.5, 0.6) is 0 Å². The van der Waals surface area contributed by atoms with Crippen molar-refractivity contribution in [2.45, 2.75) is 45.7 Å². The Morgan fingerprint density at radius 1 is 1.04 bits per heavy atom. The molecule has 0 fully saturated rings. The lowest BCUT2D eigenvalue weighted by Gasteiger charge is -2.27. The Kier molecular flexibility index (Phi) is 5.35. The predicted octanol–water partition coefficient (Wildman–Crippen LogP) is 4.50. The summed E-state index contributed by atoms with van der Waals surface area (Å²) < 4.78 is 0. The normalized spacial score (nSPS) is 13.9. The predicted molar refractivity (Wildman–Crippen MR) is 98.9 cm³/mol. The van der Waals surface area contributed by atoms with E-state index in [0.29, 0.717) is 6.04 Å². The van der Waals surface area contributed by atoms with Crippen LogP contribution >= 0.6 is 0 Å². The van der Waals surface area contributed by atoms with Gasteiger partial charge in [-0.05, 0) is 55.9 Å². The van der Waals surface area contributed by atoms with Crippen molar-refractivity contribution in [1.29, 1.82) is 0 Å². The number of benzene rings is 2. The summed E-state index contributed by atoms with van der Waals surface area (Å²) in [5.74, 6) is 0. The number of aryl methyl sites for hydroxylation is 1. The molecular weight excluding hydrogens is 280 g/mol. The molecule has 1 aliphatic heterocycles. The van der Waals surface area contributed by atoms with E-state index in [1.807, 2.05) is 0 Å². The molecular formula is C21H28N2. The van der Waals surface area contributed by atoms with Crippen LogP contribution in [0.1, 0.15) is 37.0 Å². The highest BCUT2D eigenvalue weighted by molar-refractivity contribution is 5.54. The maximum absolute atomic E-state index is 3.50.